The van der Waals surface area contributed by atoms with Crippen LogP contribution < -0.4 is 0 Å². The van der Waals surface area contributed by atoms with E-state index in [-0.39, 0.29) is 11.9 Å². The lowest BCUT2D eigenvalue weighted by Gasteiger charge is -2.39. The van der Waals surface area contributed by atoms with E-state index in [0.29, 0.717) is 23.9 Å². The Kier molecular flexibility index (Phi) is 4.11. The van der Waals surface area contributed by atoms with Crippen LogP contribution in [0.1, 0.15) is 41.8 Å². The van der Waals surface area contributed by atoms with Gasteiger partial charge in [-0.1, -0.05) is 19.9 Å². The van der Waals surface area contributed by atoms with Gasteiger partial charge in [-0.15, -0.1) is 0 Å². The zero-order chi connectivity index (χ0) is 18.3. The molecule has 3 aromatic rings. The number of rotatable bonds is 3. The first-order chi connectivity index (χ1) is 12.6. The maximum absolute atomic E-state index is 13.2. The minimum atomic E-state index is -0.0107. The Hall–Kier alpha value is -2.89. The van der Waals surface area contributed by atoms with Crippen LogP contribution >= 0.6 is 0 Å². The molecule has 0 saturated heterocycles. The highest BCUT2D eigenvalue weighted by Crippen LogP contribution is 2.34. The average Bonchev–Trinajstić information content (AvgIpc) is 3.28. The summed E-state index contributed by atoms with van der Waals surface area (Å²) < 4.78 is 2.32. The molecule has 134 valence electrons. The predicted molar refractivity (Wildman–Crippen MR) is 99.6 cm³/mol. The Balaban J connectivity index is 1.65. The van der Waals surface area contributed by atoms with Gasteiger partial charge in [-0.05, 0) is 43.2 Å². The van der Waals surface area contributed by atoms with Crippen LogP contribution in [0.2, 0.25) is 0 Å². The number of pyridine rings is 1. The Morgan fingerprint density at radius 1 is 1.19 bits per heavy atom. The minimum Gasteiger partial charge on any atom is -0.345 e. The van der Waals surface area contributed by atoms with Crippen LogP contribution in [0, 0.1) is 12.8 Å². The summed E-state index contributed by atoms with van der Waals surface area (Å²) in [5.41, 5.74) is 4.41. The van der Waals surface area contributed by atoms with Crippen molar-refractivity contribution in [3.63, 3.8) is 0 Å². The first kappa shape index (κ1) is 16.6. The van der Waals surface area contributed by atoms with Gasteiger partial charge in [-0.25, -0.2) is 0 Å². The highest BCUT2D eigenvalue weighted by atomic mass is 16.2. The van der Waals surface area contributed by atoms with Crippen LogP contribution in [-0.4, -0.2) is 37.1 Å². The molecular weight excluding hydrogens is 326 g/mol. The number of fused-ring (bicyclic) bond motifs is 1. The number of carbonyl (C=O) groups is 1. The third-order valence-electron chi connectivity index (χ3n) is 5.06. The van der Waals surface area contributed by atoms with Gasteiger partial charge in [-0.2, -0.15) is 5.10 Å². The monoisotopic (exact) mass is 349 g/mol. The largest absolute Gasteiger partial charge is 0.345 e. The van der Waals surface area contributed by atoms with E-state index in [4.69, 9.17) is 0 Å². The summed E-state index contributed by atoms with van der Waals surface area (Å²) in [5.74, 6) is 0.314. The molecule has 1 amide bonds. The summed E-state index contributed by atoms with van der Waals surface area (Å²) in [6.07, 6.45) is 1.72. The summed E-state index contributed by atoms with van der Waals surface area (Å²) in [4.78, 5) is 19.5. The van der Waals surface area contributed by atoms with Crippen LogP contribution in [0.3, 0.4) is 0 Å². The Labute approximate surface area is 152 Å². The summed E-state index contributed by atoms with van der Waals surface area (Å²) >= 11 is 0. The zero-order valence-electron chi connectivity index (χ0n) is 15.3. The van der Waals surface area contributed by atoms with Crippen molar-refractivity contribution in [1.29, 1.82) is 0 Å². The number of nitrogens with one attached hydrogen (secondary N) is 1. The normalized spacial score (nSPS) is 16.8. The van der Waals surface area contributed by atoms with Gasteiger partial charge < -0.3 is 9.47 Å². The summed E-state index contributed by atoms with van der Waals surface area (Å²) in [5, 5.41) is 7.18. The molecule has 6 heteroatoms. The van der Waals surface area contributed by atoms with Crippen LogP contribution in [0.4, 0.5) is 0 Å². The molecule has 0 spiro atoms. The van der Waals surface area contributed by atoms with Gasteiger partial charge in [0.25, 0.3) is 5.91 Å². The Bertz CT molecular complexity index is 925. The molecule has 1 atom stereocenters. The number of amides is 1. The molecule has 0 radical (unpaired) electrons. The van der Waals surface area contributed by atoms with Crippen LogP contribution in [0.5, 0.6) is 0 Å². The molecule has 26 heavy (non-hydrogen) atoms. The third kappa shape index (κ3) is 2.71. The van der Waals surface area contributed by atoms with Crippen molar-refractivity contribution in [2.75, 3.05) is 6.54 Å². The number of hydrogen-bond donors (Lipinski definition) is 1. The van der Waals surface area contributed by atoms with E-state index < -0.39 is 0 Å². The fourth-order valence-electron chi connectivity index (χ4n) is 3.82. The number of carbonyl (C=O) groups excluding carboxylic acids is 1. The molecule has 0 aliphatic carbocycles. The van der Waals surface area contributed by atoms with Crippen molar-refractivity contribution in [2.24, 2.45) is 5.92 Å². The molecule has 4 heterocycles. The van der Waals surface area contributed by atoms with Gasteiger partial charge in [0.1, 0.15) is 11.4 Å². The van der Waals surface area contributed by atoms with Gasteiger partial charge >= 0.3 is 0 Å². The van der Waals surface area contributed by atoms with Crippen molar-refractivity contribution in [1.82, 2.24) is 24.6 Å². The maximum atomic E-state index is 13.2. The molecule has 1 unspecified atom stereocenters. The second kappa shape index (κ2) is 6.44. The standard InChI is InChI=1S/C20H23N5O/c1-13(2)19-18-8-7-14(3)24(18)10-11-25(19)20(26)17-12-16(22-23-17)15-6-4-5-9-21-15/h4-9,12-13,19H,10-11H2,1-3H3,(H,22,23). The Morgan fingerprint density at radius 2 is 2.04 bits per heavy atom. The van der Waals surface area contributed by atoms with Crippen molar-refractivity contribution in [3.05, 3.63) is 59.7 Å². The zero-order valence-corrected chi connectivity index (χ0v) is 15.3. The van der Waals surface area contributed by atoms with E-state index in [0.717, 1.165) is 12.2 Å². The van der Waals surface area contributed by atoms with Gasteiger partial charge in [0.2, 0.25) is 0 Å². The predicted octanol–water partition coefficient (Wildman–Crippen LogP) is 3.43. The second-order valence-electron chi connectivity index (χ2n) is 7.12. The van der Waals surface area contributed by atoms with E-state index in [9.17, 15) is 4.79 Å². The van der Waals surface area contributed by atoms with Gasteiger partial charge in [0.05, 0.1) is 11.7 Å². The number of nitrogens with zero attached hydrogens (tertiary/aromatic N) is 4. The SMILES string of the molecule is Cc1ccc2n1CCN(C(=O)c1cc(-c3ccccn3)n[nH]1)C2C(C)C. The number of hydrogen-bond acceptors (Lipinski definition) is 3. The van der Waals surface area contributed by atoms with Crippen LogP contribution in [0.25, 0.3) is 11.4 Å². The van der Waals surface area contributed by atoms with E-state index in [1.54, 1.807) is 12.3 Å². The van der Waals surface area contributed by atoms with E-state index >= 15 is 0 Å². The Morgan fingerprint density at radius 3 is 2.77 bits per heavy atom. The molecule has 1 aliphatic rings. The molecule has 0 bridgehead atoms. The highest BCUT2D eigenvalue weighted by molar-refractivity contribution is 5.93. The van der Waals surface area contributed by atoms with Gasteiger partial charge in [0.15, 0.2) is 0 Å². The average molecular weight is 349 g/mol. The fraction of sp³-hybridized carbons (Fsp3) is 0.350. The molecule has 3 aromatic heterocycles. The first-order valence-corrected chi connectivity index (χ1v) is 9.00. The minimum absolute atomic E-state index is 0.0107. The molecule has 6 nitrogen and oxygen atoms in total. The van der Waals surface area contributed by atoms with Crippen LogP contribution in [-0.2, 0) is 6.54 Å². The molecule has 4 rings (SSSR count). The molecule has 0 fully saturated rings. The number of aryl methyl sites for hydroxylation is 1. The summed E-state index contributed by atoms with van der Waals surface area (Å²) in [7, 11) is 0. The molecule has 0 saturated carbocycles. The maximum Gasteiger partial charge on any atom is 0.272 e. The van der Waals surface area contributed by atoms with Crippen molar-refractivity contribution in [3.8, 4) is 11.4 Å². The topological polar surface area (TPSA) is 66.8 Å². The van der Waals surface area contributed by atoms with Crippen molar-refractivity contribution in [2.45, 2.75) is 33.4 Å². The lowest BCUT2D eigenvalue weighted by Crippen LogP contribution is -2.44. The number of H-pyrrole nitrogens is 1. The molecule has 0 aromatic carbocycles. The third-order valence-corrected chi connectivity index (χ3v) is 5.06. The van der Waals surface area contributed by atoms with Crippen molar-refractivity contribution >= 4 is 5.91 Å². The lowest BCUT2D eigenvalue weighted by molar-refractivity contribution is 0.0548. The second-order valence-corrected chi connectivity index (χ2v) is 7.12. The summed E-state index contributed by atoms with van der Waals surface area (Å²) in [6.45, 7) is 7.96. The summed E-state index contributed by atoms with van der Waals surface area (Å²) in [6, 6.07) is 11.8. The number of aromatic nitrogens is 4. The van der Waals surface area contributed by atoms with Gasteiger partial charge in [0, 0.05) is 30.7 Å². The molecule has 1 aliphatic heterocycles. The quantitative estimate of drug-likeness (QED) is 0.788. The molecular formula is C20H23N5O. The fourth-order valence-corrected chi connectivity index (χ4v) is 3.82. The smallest absolute Gasteiger partial charge is 0.272 e. The number of aromatic amines is 1. The molecule has 1 N–H and O–H groups in total. The van der Waals surface area contributed by atoms with Gasteiger partial charge in [-0.3, -0.25) is 14.9 Å². The highest BCUT2D eigenvalue weighted by Gasteiger charge is 2.34. The lowest BCUT2D eigenvalue weighted by atomic mass is 9.96. The van der Waals surface area contributed by atoms with E-state index in [1.165, 1.54) is 11.4 Å². The van der Waals surface area contributed by atoms with Crippen LogP contribution in [0.15, 0.2) is 42.6 Å². The first-order valence-electron chi connectivity index (χ1n) is 9.00. The van der Waals surface area contributed by atoms with E-state index in [1.807, 2.05) is 23.1 Å². The van der Waals surface area contributed by atoms with E-state index in [2.05, 4.69) is 52.7 Å². The van der Waals surface area contributed by atoms with Crippen molar-refractivity contribution < 1.29 is 4.79 Å².